The Balaban J connectivity index is 1.97. The van der Waals surface area contributed by atoms with Crippen LogP contribution in [-0.4, -0.2) is 35.6 Å². The summed E-state index contributed by atoms with van der Waals surface area (Å²) in [6, 6.07) is 13.7. The Morgan fingerprint density at radius 1 is 1.14 bits per heavy atom. The molecule has 2 aromatic rings. The number of carbonyl (C=O) groups is 1. The standard InChI is InChI=1S/C17H20N2O2S/c1-3-19(4-2)17(22)18-16(20)12-21-15-11-7-9-13-8-5-6-10-14(13)15/h5-11H,3-4,12H2,1-2H3,(H,18,20,22). The van der Waals surface area contributed by atoms with Crippen LogP contribution in [0.25, 0.3) is 10.8 Å². The largest absolute Gasteiger partial charge is 0.483 e. The molecule has 0 saturated carbocycles. The van der Waals surface area contributed by atoms with Gasteiger partial charge in [-0.25, -0.2) is 0 Å². The summed E-state index contributed by atoms with van der Waals surface area (Å²) in [4.78, 5) is 13.9. The maximum absolute atomic E-state index is 11.9. The van der Waals surface area contributed by atoms with Crippen molar-refractivity contribution in [2.24, 2.45) is 0 Å². The van der Waals surface area contributed by atoms with Gasteiger partial charge in [0, 0.05) is 18.5 Å². The predicted molar refractivity (Wildman–Crippen MR) is 93.1 cm³/mol. The van der Waals surface area contributed by atoms with Crippen LogP contribution in [0.15, 0.2) is 42.5 Å². The lowest BCUT2D eigenvalue weighted by atomic mass is 10.1. The summed E-state index contributed by atoms with van der Waals surface area (Å²) in [7, 11) is 0. The highest BCUT2D eigenvalue weighted by Gasteiger charge is 2.10. The number of thiocarbonyl (C=S) groups is 1. The molecule has 2 rings (SSSR count). The quantitative estimate of drug-likeness (QED) is 0.861. The maximum Gasteiger partial charge on any atom is 0.264 e. The van der Waals surface area contributed by atoms with Gasteiger partial charge in [-0.1, -0.05) is 36.4 Å². The highest BCUT2D eigenvalue weighted by Crippen LogP contribution is 2.24. The minimum Gasteiger partial charge on any atom is -0.483 e. The molecule has 22 heavy (non-hydrogen) atoms. The fourth-order valence-electron chi connectivity index (χ4n) is 2.21. The first-order chi connectivity index (χ1) is 10.7. The molecule has 5 heteroatoms. The van der Waals surface area contributed by atoms with Crippen molar-refractivity contribution >= 4 is 34.0 Å². The number of hydrogen-bond acceptors (Lipinski definition) is 3. The maximum atomic E-state index is 11.9. The van der Waals surface area contributed by atoms with E-state index in [9.17, 15) is 4.79 Å². The van der Waals surface area contributed by atoms with Crippen LogP contribution in [0.4, 0.5) is 0 Å². The summed E-state index contributed by atoms with van der Waals surface area (Å²) in [5.74, 6) is 0.451. The van der Waals surface area contributed by atoms with Crippen molar-refractivity contribution in [3.63, 3.8) is 0 Å². The zero-order valence-electron chi connectivity index (χ0n) is 12.8. The second kappa shape index (κ2) is 7.75. The van der Waals surface area contributed by atoms with E-state index in [1.807, 2.05) is 61.2 Å². The Morgan fingerprint density at radius 2 is 1.82 bits per heavy atom. The third-order valence-electron chi connectivity index (χ3n) is 3.41. The van der Waals surface area contributed by atoms with Crippen molar-refractivity contribution in [1.82, 2.24) is 10.2 Å². The fraction of sp³-hybridized carbons (Fsp3) is 0.294. The zero-order chi connectivity index (χ0) is 15.9. The van der Waals surface area contributed by atoms with Gasteiger partial charge in [-0.2, -0.15) is 0 Å². The Hall–Kier alpha value is -2.14. The molecule has 0 aliphatic rings. The van der Waals surface area contributed by atoms with Gasteiger partial charge in [0.1, 0.15) is 5.75 Å². The Bertz CT molecular complexity index is 663. The molecule has 0 saturated heterocycles. The van der Waals surface area contributed by atoms with Crippen molar-refractivity contribution in [3.05, 3.63) is 42.5 Å². The van der Waals surface area contributed by atoms with Crippen LogP contribution < -0.4 is 10.1 Å². The van der Waals surface area contributed by atoms with Gasteiger partial charge in [-0.3, -0.25) is 4.79 Å². The lowest BCUT2D eigenvalue weighted by molar-refractivity contribution is -0.121. The van der Waals surface area contributed by atoms with Gasteiger partial charge < -0.3 is 15.0 Å². The Kier molecular flexibility index (Phi) is 5.72. The molecule has 1 N–H and O–H groups in total. The van der Waals surface area contributed by atoms with Crippen LogP contribution in [0, 0.1) is 0 Å². The molecule has 0 aliphatic carbocycles. The third-order valence-corrected chi connectivity index (χ3v) is 3.77. The molecule has 0 atom stereocenters. The van der Waals surface area contributed by atoms with E-state index in [2.05, 4.69) is 5.32 Å². The van der Waals surface area contributed by atoms with E-state index >= 15 is 0 Å². The van der Waals surface area contributed by atoms with Gasteiger partial charge in [0.25, 0.3) is 5.91 Å². The number of hydrogen-bond donors (Lipinski definition) is 1. The average Bonchev–Trinajstić information content (AvgIpc) is 2.54. The predicted octanol–water partition coefficient (Wildman–Crippen LogP) is 2.96. The number of nitrogens with one attached hydrogen (secondary N) is 1. The van der Waals surface area contributed by atoms with Gasteiger partial charge in [0.05, 0.1) is 0 Å². The normalized spacial score (nSPS) is 10.3. The number of carbonyl (C=O) groups excluding carboxylic acids is 1. The molecule has 0 radical (unpaired) electrons. The number of ether oxygens (including phenoxy) is 1. The molecule has 4 nitrogen and oxygen atoms in total. The second-order valence-corrected chi connectivity index (χ2v) is 5.18. The Morgan fingerprint density at radius 3 is 2.55 bits per heavy atom. The van der Waals surface area contributed by atoms with Crippen molar-refractivity contribution < 1.29 is 9.53 Å². The number of nitrogens with zero attached hydrogens (tertiary/aromatic N) is 1. The molecule has 0 bridgehead atoms. The lowest BCUT2D eigenvalue weighted by Gasteiger charge is -2.21. The first kappa shape index (κ1) is 16.2. The van der Waals surface area contributed by atoms with Crippen LogP contribution in [0.1, 0.15) is 13.8 Å². The first-order valence-corrected chi connectivity index (χ1v) is 7.75. The molecule has 2 aromatic carbocycles. The summed E-state index contributed by atoms with van der Waals surface area (Å²) < 4.78 is 5.64. The van der Waals surface area contributed by atoms with E-state index < -0.39 is 0 Å². The van der Waals surface area contributed by atoms with Crippen LogP contribution in [0.5, 0.6) is 5.75 Å². The molecule has 0 heterocycles. The number of fused-ring (bicyclic) bond motifs is 1. The fourth-order valence-corrected chi connectivity index (χ4v) is 2.58. The van der Waals surface area contributed by atoms with E-state index in [1.54, 1.807) is 0 Å². The first-order valence-electron chi connectivity index (χ1n) is 7.35. The average molecular weight is 316 g/mol. The van der Waals surface area contributed by atoms with Crippen LogP contribution >= 0.6 is 12.2 Å². The van der Waals surface area contributed by atoms with E-state index in [0.717, 1.165) is 23.9 Å². The molecular weight excluding hydrogens is 296 g/mol. The van der Waals surface area contributed by atoms with Gasteiger partial charge in [0.15, 0.2) is 11.7 Å². The highest BCUT2D eigenvalue weighted by molar-refractivity contribution is 7.80. The molecule has 0 spiro atoms. The van der Waals surface area contributed by atoms with Crippen LogP contribution in [0.2, 0.25) is 0 Å². The number of amides is 1. The van der Waals surface area contributed by atoms with Crippen molar-refractivity contribution in [3.8, 4) is 5.75 Å². The summed E-state index contributed by atoms with van der Waals surface area (Å²) >= 11 is 5.20. The van der Waals surface area contributed by atoms with Crippen molar-refractivity contribution in [2.75, 3.05) is 19.7 Å². The van der Waals surface area contributed by atoms with Gasteiger partial charge in [0.2, 0.25) is 0 Å². The zero-order valence-corrected chi connectivity index (χ0v) is 13.7. The molecule has 0 aromatic heterocycles. The van der Waals surface area contributed by atoms with Crippen LogP contribution in [-0.2, 0) is 4.79 Å². The molecule has 0 unspecified atom stereocenters. The van der Waals surface area contributed by atoms with Gasteiger partial charge >= 0.3 is 0 Å². The summed E-state index contributed by atoms with van der Waals surface area (Å²) in [6.07, 6.45) is 0. The summed E-state index contributed by atoms with van der Waals surface area (Å²) in [6.45, 7) is 5.46. The van der Waals surface area contributed by atoms with E-state index in [4.69, 9.17) is 17.0 Å². The Labute approximate surface area is 136 Å². The highest BCUT2D eigenvalue weighted by atomic mass is 32.1. The van der Waals surface area contributed by atoms with E-state index in [-0.39, 0.29) is 12.5 Å². The SMILES string of the molecule is CCN(CC)C(=S)NC(=O)COc1cccc2ccccc12. The molecule has 116 valence electrons. The van der Waals surface area contributed by atoms with Crippen molar-refractivity contribution in [2.45, 2.75) is 13.8 Å². The van der Waals surface area contributed by atoms with Gasteiger partial charge in [-0.15, -0.1) is 0 Å². The smallest absolute Gasteiger partial charge is 0.264 e. The molecule has 0 aliphatic heterocycles. The minimum atomic E-state index is -0.246. The summed E-state index contributed by atoms with van der Waals surface area (Å²) in [5.41, 5.74) is 0. The monoisotopic (exact) mass is 316 g/mol. The minimum absolute atomic E-state index is 0.0601. The third kappa shape index (κ3) is 3.95. The number of rotatable bonds is 5. The molecule has 0 fully saturated rings. The van der Waals surface area contributed by atoms with Crippen LogP contribution in [0.3, 0.4) is 0 Å². The topological polar surface area (TPSA) is 41.6 Å². The van der Waals surface area contributed by atoms with E-state index in [0.29, 0.717) is 10.9 Å². The molecular formula is C17H20N2O2S. The lowest BCUT2D eigenvalue weighted by Crippen LogP contribution is -2.44. The second-order valence-electron chi connectivity index (χ2n) is 4.79. The summed E-state index contributed by atoms with van der Waals surface area (Å²) in [5, 5.41) is 5.21. The van der Waals surface area contributed by atoms with Crippen molar-refractivity contribution in [1.29, 1.82) is 0 Å². The number of benzene rings is 2. The van der Waals surface area contributed by atoms with E-state index in [1.165, 1.54) is 0 Å². The van der Waals surface area contributed by atoms with Gasteiger partial charge in [-0.05, 0) is 37.5 Å². The molecule has 1 amide bonds.